The van der Waals surface area contributed by atoms with Crippen molar-refractivity contribution in [3.63, 3.8) is 0 Å². The summed E-state index contributed by atoms with van der Waals surface area (Å²) >= 11 is 5.89. The summed E-state index contributed by atoms with van der Waals surface area (Å²) in [5, 5.41) is 4.37. The number of nitrogens with one attached hydrogen (secondary N) is 1. The molecule has 4 heterocycles. The molecule has 5 rings (SSSR count). The van der Waals surface area contributed by atoms with E-state index in [-0.39, 0.29) is 18.2 Å². The van der Waals surface area contributed by atoms with E-state index in [4.69, 9.17) is 21.9 Å². The number of nitrogens with zero attached hydrogens (tertiary/aromatic N) is 4. The second-order valence-corrected chi connectivity index (χ2v) is 10.2. The molecular weight excluding hydrogens is 466 g/mol. The van der Waals surface area contributed by atoms with Crippen molar-refractivity contribution in [2.45, 2.75) is 58.7 Å². The number of benzene rings is 1. The number of aromatic nitrogens is 2. The van der Waals surface area contributed by atoms with E-state index in [0.717, 1.165) is 49.9 Å². The average Bonchev–Trinajstić information content (AvgIpc) is 3.60. The highest BCUT2D eigenvalue weighted by molar-refractivity contribution is 7.80. The van der Waals surface area contributed by atoms with E-state index >= 15 is 0 Å². The van der Waals surface area contributed by atoms with Crippen LogP contribution in [-0.4, -0.2) is 51.9 Å². The fraction of sp³-hybridized carbons (Fsp3) is 0.448. The number of aryl methyl sites for hydroxylation is 1. The van der Waals surface area contributed by atoms with Crippen LogP contribution in [0.4, 0.5) is 5.69 Å². The van der Waals surface area contributed by atoms with Gasteiger partial charge in [0.25, 0.3) is 0 Å². The molecule has 1 aromatic carbocycles. The lowest BCUT2D eigenvalue weighted by Gasteiger charge is -2.30. The predicted octanol–water partition coefficient (Wildman–Crippen LogP) is 5.49. The van der Waals surface area contributed by atoms with E-state index in [1.54, 1.807) is 0 Å². The first kappa shape index (κ1) is 24.8. The molecule has 0 unspecified atom stereocenters. The Hall–Kier alpha value is -2.90. The standard InChI is InChI=1S/C29H37N5OS/c1-5-32(6-2)22-12-14-23(15-13-22)34-20(3)18-25(21(34)4)28-27(26-11-7-8-16-30-26)31-29(36)33(28)19-24-10-9-17-35-24/h7-8,11-16,18,24,27-28H,5-6,9-10,17,19H2,1-4H3,(H,31,36)/t24-,27-,28+/m0/s1. The molecule has 0 saturated carbocycles. The van der Waals surface area contributed by atoms with Gasteiger partial charge in [0.05, 0.1) is 23.9 Å². The van der Waals surface area contributed by atoms with Crippen LogP contribution in [-0.2, 0) is 4.74 Å². The smallest absolute Gasteiger partial charge is 0.170 e. The van der Waals surface area contributed by atoms with E-state index in [2.05, 4.69) is 83.8 Å². The van der Waals surface area contributed by atoms with Crippen LogP contribution < -0.4 is 10.2 Å². The van der Waals surface area contributed by atoms with E-state index in [1.807, 2.05) is 18.3 Å². The van der Waals surface area contributed by atoms with Gasteiger partial charge >= 0.3 is 0 Å². The Morgan fingerprint density at radius 2 is 1.89 bits per heavy atom. The molecule has 0 spiro atoms. The molecule has 0 amide bonds. The monoisotopic (exact) mass is 503 g/mol. The first-order valence-corrected chi connectivity index (χ1v) is 13.6. The number of hydrogen-bond acceptors (Lipinski definition) is 4. The third-order valence-electron chi connectivity index (χ3n) is 7.65. The van der Waals surface area contributed by atoms with Gasteiger partial charge in [0.15, 0.2) is 5.11 Å². The minimum Gasteiger partial charge on any atom is -0.376 e. The van der Waals surface area contributed by atoms with Gasteiger partial charge in [-0.1, -0.05) is 6.07 Å². The minimum atomic E-state index is -0.0147. The molecule has 2 aliphatic heterocycles. The van der Waals surface area contributed by atoms with Crippen molar-refractivity contribution in [2.75, 3.05) is 31.1 Å². The van der Waals surface area contributed by atoms with Gasteiger partial charge in [-0.2, -0.15) is 0 Å². The van der Waals surface area contributed by atoms with Gasteiger partial charge < -0.3 is 24.4 Å². The number of rotatable bonds is 8. The van der Waals surface area contributed by atoms with Gasteiger partial charge in [0.2, 0.25) is 0 Å². The minimum absolute atomic E-state index is 0.0147. The lowest BCUT2D eigenvalue weighted by atomic mass is 9.96. The first-order chi connectivity index (χ1) is 17.5. The van der Waals surface area contributed by atoms with Crippen molar-refractivity contribution < 1.29 is 4.74 Å². The molecule has 2 aromatic heterocycles. The largest absolute Gasteiger partial charge is 0.376 e. The number of ether oxygens (including phenoxy) is 1. The van der Waals surface area contributed by atoms with Gasteiger partial charge in [-0.25, -0.2) is 0 Å². The van der Waals surface area contributed by atoms with Crippen molar-refractivity contribution in [3.05, 3.63) is 77.4 Å². The highest BCUT2D eigenvalue weighted by atomic mass is 32.1. The van der Waals surface area contributed by atoms with E-state index in [1.165, 1.54) is 28.3 Å². The summed E-state index contributed by atoms with van der Waals surface area (Å²) in [5.41, 5.74) is 7.18. The maximum Gasteiger partial charge on any atom is 0.170 e. The van der Waals surface area contributed by atoms with E-state index in [0.29, 0.717) is 0 Å². The molecule has 0 radical (unpaired) electrons. The van der Waals surface area contributed by atoms with Crippen LogP contribution >= 0.6 is 12.2 Å². The predicted molar refractivity (Wildman–Crippen MR) is 150 cm³/mol. The Balaban J connectivity index is 1.53. The number of hydrogen-bond donors (Lipinski definition) is 1. The molecule has 0 bridgehead atoms. The van der Waals surface area contributed by atoms with Crippen molar-refractivity contribution in [2.24, 2.45) is 0 Å². The van der Waals surface area contributed by atoms with Gasteiger partial charge in [-0.15, -0.1) is 0 Å². The summed E-state index contributed by atoms with van der Waals surface area (Å²) in [5.74, 6) is 0. The van der Waals surface area contributed by atoms with Crippen LogP contribution in [0, 0.1) is 13.8 Å². The number of thiocarbonyl (C=S) groups is 1. The summed E-state index contributed by atoms with van der Waals surface area (Å²) < 4.78 is 8.38. The molecule has 6 nitrogen and oxygen atoms in total. The van der Waals surface area contributed by atoms with Gasteiger partial charge in [-0.05, 0) is 101 Å². The summed E-state index contributed by atoms with van der Waals surface area (Å²) in [4.78, 5) is 9.41. The van der Waals surface area contributed by atoms with Gasteiger partial charge in [0, 0.05) is 55.2 Å². The number of pyridine rings is 1. The Kier molecular flexibility index (Phi) is 7.30. The zero-order valence-corrected chi connectivity index (χ0v) is 22.6. The maximum atomic E-state index is 6.01. The molecule has 7 heteroatoms. The maximum absolute atomic E-state index is 6.01. The summed E-state index contributed by atoms with van der Waals surface area (Å²) in [6, 6.07) is 17.4. The Morgan fingerprint density at radius 3 is 2.53 bits per heavy atom. The molecule has 1 N–H and O–H groups in total. The second-order valence-electron chi connectivity index (χ2n) is 9.76. The first-order valence-electron chi connectivity index (χ1n) is 13.2. The zero-order valence-electron chi connectivity index (χ0n) is 21.8. The van der Waals surface area contributed by atoms with E-state index < -0.39 is 0 Å². The Bertz CT molecular complexity index is 1180. The van der Waals surface area contributed by atoms with Crippen molar-refractivity contribution in [1.82, 2.24) is 19.8 Å². The molecule has 2 fully saturated rings. The molecule has 2 aliphatic rings. The quantitative estimate of drug-likeness (QED) is 0.411. The number of anilines is 1. The molecule has 36 heavy (non-hydrogen) atoms. The molecule has 3 atom stereocenters. The zero-order chi connectivity index (χ0) is 25.2. The van der Waals surface area contributed by atoms with Crippen LogP contribution in [0.2, 0.25) is 0 Å². The van der Waals surface area contributed by atoms with Crippen molar-refractivity contribution >= 4 is 23.0 Å². The molecule has 190 valence electrons. The highest BCUT2D eigenvalue weighted by Gasteiger charge is 2.42. The summed E-state index contributed by atoms with van der Waals surface area (Å²) in [6.07, 6.45) is 4.27. The molecule has 0 aliphatic carbocycles. The summed E-state index contributed by atoms with van der Waals surface area (Å²) in [7, 11) is 0. The third-order valence-corrected chi connectivity index (χ3v) is 8.00. The molecule has 3 aromatic rings. The van der Waals surface area contributed by atoms with Crippen molar-refractivity contribution in [1.29, 1.82) is 0 Å². The lowest BCUT2D eigenvalue weighted by Crippen LogP contribution is -2.36. The fourth-order valence-corrected chi connectivity index (χ4v) is 6.15. The Labute approximate surface area is 220 Å². The SMILES string of the molecule is CCN(CC)c1ccc(-n2c(C)cc([C@@H]3[C@H](c4ccccn4)NC(=S)N3C[C@@H]3CCCO3)c2C)cc1. The van der Waals surface area contributed by atoms with Crippen LogP contribution in [0.15, 0.2) is 54.7 Å². The van der Waals surface area contributed by atoms with Gasteiger partial charge in [-0.3, -0.25) is 4.98 Å². The lowest BCUT2D eigenvalue weighted by molar-refractivity contribution is 0.0842. The molecular formula is C29H37N5OS. The van der Waals surface area contributed by atoms with Crippen LogP contribution in [0.1, 0.15) is 61.4 Å². The summed E-state index contributed by atoms with van der Waals surface area (Å²) in [6.45, 7) is 12.5. The normalized spacial score (nSPS) is 21.7. The van der Waals surface area contributed by atoms with Crippen LogP contribution in [0.3, 0.4) is 0 Å². The topological polar surface area (TPSA) is 45.6 Å². The highest BCUT2D eigenvalue weighted by Crippen LogP contribution is 2.42. The van der Waals surface area contributed by atoms with Gasteiger partial charge in [0.1, 0.15) is 0 Å². The second kappa shape index (κ2) is 10.6. The fourth-order valence-electron chi connectivity index (χ4n) is 5.83. The Morgan fingerprint density at radius 1 is 1.11 bits per heavy atom. The van der Waals surface area contributed by atoms with E-state index in [9.17, 15) is 0 Å². The third kappa shape index (κ3) is 4.62. The van der Waals surface area contributed by atoms with Crippen molar-refractivity contribution in [3.8, 4) is 5.69 Å². The van der Waals surface area contributed by atoms with Crippen LogP contribution in [0.5, 0.6) is 0 Å². The average molecular weight is 504 g/mol. The molecule has 2 saturated heterocycles. The van der Waals surface area contributed by atoms with Crippen LogP contribution in [0.25, 0.3) is 5.69 Å².